The Hall–Kier alpha value is -3.38. The van der Waals surface area contributed by atoms with Crippen LogP contribution < -0.4 is 5.32 Å². The number of halogens is 5. The van der Waals surface area contributed by atoms with E-state index in [0.29, 0.717) is 17.5 Å². The van der Waals surface area contributed by atoms with Crippen molar-refractivity contribution in [3.8, 4) is 0 Å². The molecule has 42 heavy (non-hydrogen) atoms. The highest BCUT2D eigenvalue weighted by atomic mass is 19.2. The highest BCUT2D eigenvalue weighted by Gasteiger charge is 2.34. The summed E-state index contributed by atoms with van der Waals surface area (Å²) in [5, 5.41) is 11.6. The second-order valence-corrected chi connectivity index (χ2v) is 10.6. The van der Waals surface area contributed by atoms with Crippen LogP contribution in [0.2, 0.25) is 0 Å². The van der Waals surface area contributed by atoms with Crippen molar-refractivity contribution in [2.75, 3.05) is 19.6 Å². The summed E-state index contributed by atoms with van der Waals surface area (Å²) in [6.07, 6.45) is 3.17. The number of carbonyl (C=O) groups is 1. The van der Waals surface area contributed by atoms with Gasteiger partial charge in [-0.15, -0.1) is 0 Å². The van der Waals surface area contributed by atoms with E-state index in [1.165, 1.54) is 6.42 Å². The standard InChI is InChI=1S/C31H31F5N2O4/c32-25-24(26(33)28(35)29(36)27(25)34)30(40)37-15-18-4-10-21(11-5-18)31-41-22(16-38-12-2-1-3-13-38)14-23(42-31)20-8-6-19(17-39)7-9-20/h4-11,22-23,31,39H,1-3,12-17H2,(H,37,40)/t22-,23+,31+/m0/s1. The Balaban J connectivity index is 1.28. The number of aliphatic hydroxyl groups is 1. The lowest BCUT2D eigenvalue weighted by Crippen LogP contribution is -2.41. The maximum Gasteiger partial charge on any atom is 0.257 e. The Morgan fingerprint density at radius 2 is 1.36 bits per heavy atom. The van der Waals surface area contributed by atoms with Crippen LogP contribution in [0.3, 0.4) is 0 Å². The normalized spacial score (nSPS) is 21.3. The first kappa shape index (κ1) is 30.1. The van der Waals surface area contributed by atoms with E-state index in [1.807, 2.05) is 24.3 Å². The fourth-order valence-electron chi connectivity index (χ4n) is 5.33. The first-order valence-electron chi connectivity index (χ1n) is 13.9. The number of hydrogen-bond donors (Lipinski definition) is 2. The van der Waals surface area contributed by atoms with Gasteiger partial charge in [0.25, 0.3) is 5.91 Å². The summed E-state index contributed by atoms with van der Waals surface area (Å²) in [5.74, 6) is -12.5. The summed E-state index contributed by atoms with van der Waals surface area (Å²) in [4.78, 5) is 14.7. The third-order valence-corrected chi connectivity index (χ3v) is 7.67. The molecule has 6 nitrogen and oxygen atoms in total. The van der Waals surface area contributed by atoms with Gasteiger partial charge in [-0.3, -0.25) is 4.79 Å². The van der Waals surface area contributed by atoms with E-state index >= 15 is 0 Å². The van der Waals surface area contributed by atoms with E-state index in [9.17, 15) is 31.9 Å². The van der Waals surface area contributed by atoms with Crippen LogP contribution in [0.1, 0.15) is 70.7 Å². The zero-order chi connectivity index (χ0) is 29.8. The molecule has 0 unspecified atom stereocenters. The number of rotatable bonds is 8. The van der Waals surface area contributed by atoms with Crippen molar-refractivity contribution in [3.63, 3.8) is 0 Å². The topological polar surface area (TPSA) is 71.0 Å². The summed E-state index contributed by atoms with van der Waals surface area (Å²) in [5.41, 5.74) is 1.47. The largest absolute Gasteiger partial charge is 0.392 e. The lowest BCUT2D eigenvalue weighted by molar-refractivity contribution is -0.253. The van der Waals surface area contributed by atoms with E-state index in [2.05, 4.69) is 10.2 Å². The van der Waals surface area contributed by atoms with Crippen LogP contribution in [0.5, 0.6) is 0 Å². The van der Waals surface area contributed by atoms with Gasteiger partial charge in [-0.05, 0) is 42.6 Å². The monoisotopic (exact) mass is 590 g/mol. The number of ether oxygens (including phenoxy) is 2. The van der Waals surface area contributed by atoms with Crippen molar-refractivity contribution in [2.24, 2.45) is 0 Å². The number of aliphatic hydroxyl groups excluding tert-OH is 1. The Morgan fingerprint density at radius 1 is 0.786 bits per heavy atom. The molecule has 11 heteroatoms. The van der Waals surface area contributed by atoms with Crippen molar-refractivity contribution in [3.05, 3.63) is 105 Å². The molecule has 0 aliphatic carbocycles. The van der Waals surface area contributed by atoms with E-state index in [0.717, 1.165) is 43.6 Å². The second-order valence-electron chi connectivity index (χ2n) is 10.6. The molecule has 2 aliphatic rings. The van der Waals surface area contributed by atoms with Crippen LogP contribution in [-0.2, 0) is 22.6 Å². The predicted molar refractivity (Wildman–Crippen MR) is 143 cm³/mol. The predicted octanol–water partition coefficient (Wildman–Crippen LogP) is 5.84. The molecule has 3 aromatic rings. The Kier molecular flexibility index (Phi) is 9.52. The van der Waals surface area contributed by atoms with Crippen molar-refractivity contribution >= 4 is 5.91 Å². The summed E-state index contributed by atoms with van der Waals surface area (Å²) >= 11 is 0. The Bertz CT molecular complexity index is 1370. The molecule has 2 aliphatic heterocycles. The summed E-state index contributed by atoms with van der Waals surface area (Å²) in [6.45, 7) is 2.54. The minimum Gasteiger partial charge on any atom is -0.392 e. The number of piperidine rings is 1. The van der Waals surface area contributed by atoms with Crippen LogP contribution in [0.4, 0.5) is 22.0 Å². The number of nitrogens with one attached hydrogen (secondary N) is 1. The van der Waals surface area contributed by atoms with E-state index in [-0.39, 0.29) is 25.4 Å². The Labute approximate surface area is 240 Å². The lowest BCUT2D eigenvalue weighted by atomic mass is 9.99. The summed E-state index contributed by atoms with van der Waals surface area (Å²) in [6, 6.07) is 14.4. The lowest BCUT2D eigenvalue weighted by Gasteiger charge is -2.39. The number of carbonyl (C=O) groups excluding carboxylic acids is 1. The third kappa shape index (κ3) is 6.64. The number of nitrogens with zero attached hydrogens (tertiary/aromatic N) is 1. The van der Waals surface area contributed by atoms with Crippen molar-refractivity contribution in [2.45, 2.75) is 57.3 Å². The first-order chi connectivity index (χ1) is 20.2. The van der Waals surface area contributed by atoms with Crippen LogP contribution in [0.25, 0.3) is 0 Å². The van der Waals surface area contributed by atoms with E-state index in [4.69, 9.17) is 9.47 Å². The van der Waals surface area contributed by atoms with Crippen molar-refractivity contribution in [1.82, 2.24) is 10.2 Å². The average Bonchev–Trinajstić information content (AvgIpc) is 3.02. The molecule has 2 heterocycles. The quantitative estimate of drug-likeness (QED) is 0.196. The molecule has 0 aromatic heterocycles. The van der Waals surface area contributed by atoms with E-state index < -0.39 is 46.8 Å². The number of likely N-dealkylation sites (tertiary alicyclic amines) is 1. The summed E-state index contributed by atoms with van der Waals surface area (Å²) < 4.78 is 81.0. The number of hydrogen-bond acceptors (Lipinski definition) is 5. The summed E-state index contributed by atoms with van der Waals surface area (Å²) in [7, 11) is 0. The smallest absolute Gasteiger partial charge is 0.257 e. The zero-order valence-electron chi connectivity index (χ0n) is 22.7. The SMILES string of the molecule is O=C(NCc1ccc([C@@H]2O[C@H](CN3CCCCC3)C[C@H](c3ccc(CO)cc3)O2)cc1)c1c(F)c(F)c(F)c(F)c1F. The molecule has 3 aromatic carbocycles. The third-order valence-electron chi connectivity index (χ3n) is 7.67. The van der Waals surface area contributed by atoms with Crippen molar-refractivity contribution in [1.29, 1.82) is 0 Å². The van der Waals surface area contributed by atoms with Crippen LogP contribution in [-0.4, -0.2) is 41.7 Å². The van der Waals surface area contributed by atoms with E-state index in [1.54, 1.807) is 24.3 Å². The molecule has 224 valence electrons. The van der Waals surface area contributed by atoms with Crippen LogP contribution >= 0.6 is 0 Å². The first-order valence-corrected chi connectivity index (χ1v) is 13.9. The molecular formula is C31H31F5N2O4. The fourth-order valence-corrected chi connectivity index (χ4v) is 5.33. The molecule has 1 amide bonds. The van der Waals surface area contributed by atoms with Gasteiger partial charge >= 0.3 is 0 Å². The van der Waals surface area contributed by atoms with Gasteiger partial charge in [0.1, 0.15) is 5.56 Å². The minimum atomic E-state index is -2.33. The van der Waals surface area contributed by atoms with Gasteiger partial charge in [0.15, 0.2) is 29.6 Å². The molecule has 0 radical (unpaired) electrons. The highest BCUT2D eigenvalue weighted by Crippen LogP contribution is 2.38. The van der Waals surface area contributed by atoms with Gasteiger partial charge in [0.2, 0.25) is 5.82 Å². The van der Waals surface area contributed by atoms with Crippen molar-refractivity contribution < 1.29 is 41.3 Å². The molecule has 0 saturated carbocycles. The Morgan fingerprint density at radius 3 is 1.98 bits per heavy atom. The molecule has 0 spiro atoms. The average molecular weight is 591 g/mol. The maximum atomic E-state index is 14.0. The number of benzene rings is 3. The zero-order valence-corrected chi connectivity index (χ0v) is 22.7. The maximum absolute atomic E-state index is 14.0. The van der Waals surface area contributed by atoms with Gasteiger partial charge in [0.05, 0.1) is 18.8 Å². The van der Waals surface area contributed by atoms with Gasteiger partial charge in [-0.2, -0.15) is 0 Å². The fraction of sp³-hybridized carbons (Fsp3) is 0.387. The molecule has 2 N–H and O–H groups in total. The second kappa shape index (κ2) is 13.3. The molecule has 3 atom stereocenters. The van der Waals surface area contributed by atoms with Gasteiger partial charge < -0.3 is 24.8 Å². The molecule has 2 saturated heterocycles. The van der Waals surface area contributed by atoms with Gasteiger partial charge in [0, 0.05) is 25.1 Å². The van der Waals surface area contributed by atoms with Crippen LogP contribution in [0.15, 0.2) is 48.5 Å². The molecule has 5 rings (SSSR count). The highest BCUT2D eigenvalue weighted by molar-refractivity contribution is 5.94. The van der Waals surface area contributed by atoms with Crippen LogP contribution in [0, 0.1) is 29.1 Å². The minimum absolute atomic E-state index is 0.0521. The molecule has 0 bridgehead atoms. The number of amides is 1. The molecule has 2 fully saturated rings. The van der Waals surface area contributed by atoms with Gasteiger partial charge in [-0.25, -0.2) is 22.0 Å². The van der Waals surface area contributed by atoms with Gasteiger partial charge in [-0.1, -0.05) is 55.0 Å². The molecular weight excluding hydrogens is 559 g/mol.